The minimum Gasteiger partial charge on any atom is -0.271 e. The van der Waals surface area contributed by atoms with Gasteiger partial charge in [-0.25, -0.2) is 0 Å². The van der Waals surface area contributed by atoms with E-state index in [0.29, 0.717) is 11.5 Å². The highest BCUT2D eigenvalue weighted by Gasteiger charge is 2.54. The summed E-state index contributed by atoms with van der Waals surface area (Å²) >= 11 is 0. The predicted octanol–water partition coefficient (Wildman–Crippen LogP) is 3.72. The fourth-order valence-electron chi connectivity index (χ4n) is 6.04. The molecule has 4 aliphatic carbocycles. The molecule has 0 aromatic heterocycles. The van der Waals surface area contributed by atoms with Gasteiger partial charge in [-0.1, -0.05) is 24.3 Å². The summed E-state index contributed by atoms with van der Waals surface area (Å²) in [5.74, 6) is 8.96. The first-order valence-electron chi connectivity index (χ1n) is 8.22. The lowest BCUT2D eigenvalue weighted by Gasteiger charge is -2.59. The van der Waals surface area contributed by atoms with Gasteiger partial charge >= 0.3 is 0 Å². The van der Waals surface area contributed by atoms with Gasteiger partial charge in [0.1, 0.15) is 0 Å². The van der Waals surface area contributed by atoms with Crippen LogP contribution in [0.15, 0.2) is 24.3 Å². The molecule has 0 radical (unpaired) electrons. The number of aryl methyl sites for hydroxylation is 1. The molecular formula is C18H26N2. The maximum Gasteiger partial charge on any atom is 0.0519 e. The van der Waals surface area contributed by atoms with Gasteiger partial charge in [0.05, 0.1) is 6.04 Å². The molecule has 4 saturated carbocycles. The van der Waals surface area contributed by atoms with Crippen LogP contribution in [0.4, 0.5) is 0 Å². The van der Waals surface area contributed by atoms with Crippen LogP contribution in [0, 0.1) is 30.1 Å². The topological polar surface area (TPSA) is 38.0 Å². The van der Waals surface area contributed by atoms with E-state index in [-0.39, 0.29) is 0 Å². The van der Waals surface area contributed by atoms with E-state index in [1.54, 1.807) is 0 Å². The van der Waals surface area contributed by atoms with Gasteiger partial charge in [-0.15, -0.1) is 0 Å². The van der Waals surface area contributed by atoms with Crippen molar-refractivity contribution in [3.63, 3.8) is 0 Å². The van der Waals surface area contributed by atoms with Crippen molar-refractivity contribution in [1.82, 2.24) is 5.43 Å². The predicted molar refractivity (Wildman–Crippen MR) is 81.8 cm³/mol. The number of nitrogens with one attached hydrogen (secondary N) is 1. The fraction of sp³-hybridized carbons (Fsp3) is 0.667. The molecule has 0 heterocycles. The van der Waals surface area contributed by atoms with Crippen molar-refractivity contribution < 1.29 is 0 Å². The number of benzene rings is 1. The molecule has 108 valence electrons. The molecule has 5 rings (SSSR count). The zero-order valence-corrected chi connectivity index (χ0v) is 12.4. The Labute approximate surface area is 122 Å². The first kappa shape index (κ1) is 12.8. The standard InChI is InChI=1S/C18H26N2/c1-12-4-2-3-5-16(12)17(20-19)18-9-13-6-14(10-18)8-15(7-13)11-18/h2-5,13-15,17,20H,6-11,19H2,1H3. The van der Waals surface area contributed by atoms with E-state index in [0.717, 1.165) is 17.8 Å². The Morgan fingerprint density at radius 1 is 1.05 bits per heavy atom. The Hall–Kier alpha value is -0.860. The fourth-order valence-corrected chi connectivity index (χ4v) is 6.04. The third-order valence-corrected chi connectivity index (χ3v) is 6.36. The molecule has 0 amide bonds. The minimum atomic E-state index is 0.345. The molecule has 0 aliphatic heterocycles. The maximum absolute atomic E-state index is 6.05. The summed E-state index contributed by atoms with van der Waals surface area (Å²) in [5, 5.41) is 0. The second-order valence-electron chi connectivity index (χ2n) is 7.74. The van der Waals surface area contributed by atoms with Crippen LogP contribution in [0.5, 0.6) is 0 Å². The zero-order chi connectivity index (χ0) is 13.7. The first-order valence-corrected chi connectivity index (χ1v) is 8.22. The average molecular weight is 270 g/mol. The van der Waals surface area contributed by atoms with Crippen molar-refractivity contribution >= 4 is 0 Å². The molecule has 2 heteroatoms. The lowest BCUT2D eigenvalue weighted by molar-refractivity contribution is -0.0750. The van der Waals surface area contributed by atoms with Gasteiger partial charge in [-0.05, 0) is 79.7 Å². The van der Waals surface area contributed by atoms with Crippen LogP contribution in [-0.4, -0.2) is 0 Å². The average Bonchev–Trinajstić information content (AvgIpc) is 2.40. The Balaban J connectivity index is 1.73. The summed E-state index contributed by atoms with van der Waals surface area (Å²) in [6.45, 7) is 2.22. The van der Waals surface area contributed by atoms with E-state index >= 15 is 0 Å². The molecule has 1 aromatic rings. The maximum atomic E-state index is 6.05. The van der Waals surface area contributed by atoms with Crippen molar-refractivity contribution in [2.75, 3.05) is 0 Å². The van der Waals surface area contributed by atoms with Crippen LogP contribution in [0.2, 0.25) is 0 Å². The third kappa shape index (κ3) is 1.85. The Morgan fingerprint density at radius 2 is 1.60 bits per heavy atom. The number of hydrogen-bond acceptors (Lipinski definition) is 2. The van der Waals surface area contributed by atoms with Crippen LogP contribution >= 0.6 is 0 Å². The van der Waals surface area contributed by atoms with Crippen LogP contribution in [0.1, 0.15) is 55.7 Å². The molecule has 3 N–H and O–H groups in total. The van der Waals surface area contributed by atoms with E-state index in [9.17, 15) is 0 Å². The SMILES string of the molecule is Cc1ccccc1C(NN)C12CC3CC(CC(C3)C1)C2. The summed E-state index contributed by atoms with van der Waals surface area (Å²) in [6, 6.07) is 9.13. The summed E-state index contributed by atoms with van der Waals surface area (Å²) in [5.41, 5.74) is 6.45. The van der Waals surface area contributed by atoms with Crippen molar-refractivity contribution in [1.29, 1.82) is 0 Å². The van der Waals surface area contributed by atoms with Gasteiger partial charge in [0.15, 0.2) is 0 Å². The quantitative estimate of drug-likeness (QED) is 0.649. The largest absolute Gasteiger partial charge is 0.271 e. The van der Waals surface area contributed by atoms with Gasteiger partial charge in [0, 0.05) is 0 Å². The first-order chi connectivity index (χ1) is 9.70. The molecule has 1 aromatic carbocycles. The summed E-state index contributed by atoms with van der Waals surface area (Å²) in [4.78, 5) is 0. The third-order valence-electron chi connectivity index (χ3n) is 6.36. The lowest BCUT2D eigenvalue weighted by atomic mass is 9.47. The molecule has 0 saturated heterocycles. The Bertz CT molecular complexity index is 473. The van der Waals surface area contributed by atoms with Crippen LogP contribution in [0.25, 0.3) is 0 Å². The number of hydrogen-bond donors (Lipinski definition) is 2. The van der Waals surface area contributed by atoms with E-state index in [1.807, 2.05) is 0 Å². The lowest BCUT2D eigenvalue weighted by Crippen LogP contribution is -2.53. The number of hydrazine groups is 1. The van der Waals surface area contributed by atoms with Crippen molar-refractivity contribution in [3.05, 3.63) is 35.4 Å². The smallest absolute Gasteiger partial charge is 0.0519 e. The normalized spacial score (nSPS) is 40.0. The number of nitrogens with two attached hydrogens (primary N) is 1. The van der Waals surface area contributed by atoms with Gasteiger partial charge in [0.25, 0.3) is 0 Å². The van der Waals surface area contributed by atoms with Crippen LogP contribution in [-0.2, 0) is 0 Å². The zero-order valence-electron chi connectivity index (χ0n) is 12.4. The van der Waals surface area contributed by atoms with Crippen LogP contribution in [0.3, 0.4) is 0 Å². The summed E-state index contributed by atoms with van der Waals surface area (Å²) in [6.07, 6.45) is 8.64. The molecule has 1 atom stereocenters. The van der Waals surface area contributed by atoms with Crippen molar-refractivity contribution in [2.45, 2.75) is 51.5 Å². The molecule has 4 aliphatic rings. The highest BCUT2D eigenvalue weighted by Crippen LogP contribution is 2.64. The summed E-state index contributed by atoms with van der Waals surface area (Å²) in [7, 11) is 0. The molecule has 2 nitrogen and oxygen atoms in total. The highest BCUT2D eigenvalue weighted by atomic mass is 15.2. The van der Waals surface area contributed by atoms with Gasteiger partial charge in [-0.3, -0.25) is 11.3 Å². The molecular weight excluding hydrogens is 244 g/mol. The van der Waals surface area contributed by atoms with Crippen molar-refractivity contribution in [2.24, 2.45) is 29.0 Å². The second kappa shape index (κ2) is 4.57. The number of rotatable bonds is 3. The Kier molecular flexibility index (Phi) is 2.94. The van der Waals surface area contributed by atoms with E-state index in [1.165, 1.54) is 49.7 Å². The second-order valence-corrected chi connectivity index (χ2v) is 7.74. The van der Waals surface area contributed by atoms with Gasteiger partial charge in [-0.2, -0.15) is 0 Å². The Morgan fingerprint density at radius 3 is 2.10 bits per heavy atom. The van der Waals surface area contributed by atoms with E-state index in [4.69, 9.17) is 5.84 Å². The molecule has 1 unspecified atom stereocenters. The minimum absolute atomic E-state index is 0.345. The van der Waals surface area contributed by atoms with Gasteiger partial charge < -0.3 is 0 Å². The highest BCUT2D eigenvalue weighted by molar-refractivity contribution is 5.31. The van der Waals surface area contributed by atoms with Gasteiger partial charge in [0.2, 0.25) is 0 Å². The molecule has 4 bridgehead atoms. The van der Waals surface area contributed by atoms with E-state index < -0.39 is 0 Å². The molecule has 4 fully saturated rings. The summed E-state index contributed by atoms with van der Waals surface area (Å²) < 4.78 is 0. The van der Waals surface area contributed by atoms with Crippen molar-refractivity contribution in [3.8, 4) is 0 Å². The monoisotopic (exact) mass is 270 g/mol. The molecule has 20 heavy (non-hydrogen) atoms. The molecule has 0 spiro atoms. The van der Waals surface area contributed by atoms with Crippen LogP contribution < -0.4 is 11.3 Å². The van der Waals surface area contributed by atoms with E-state index in [2.05, 4.69) is 36.6 Å².